The van der Waals surface area contributed by atoms with Gasteiger partial charge in [-0.25, -0.2) is 9.78 Å². The van der Waals surface area contributed by atoms with Gasteiger partial charge in [0.1, 0.15) is 5.69 Å². The van der Waals surface area contributed by atoms with E-state index in [9.17, 15) is 9.59 Å². The normalized spacial score (nSPS) is 15.3. The molecule has 1 fully saturated rings. The maximum absolute atomic E-state index is 12.4. The molecule has 1 aliphatic rings. The van der Waals surface area contributed by atoms with E-state index in [0.717, 1.165) is 9.88 Å². The van der Waals surface area contributed by atoms with Crippen molar-refractivity contribution in [1.82, 2.24) is 14.8 Å². The van der Waals surface area contributed by atoms with E-state index in [0.29, 0.717) is 38.5 Å². The highest BCUT2D eigenvalue weighted by Gasteiger charge is 2.27. The van der Waals surface area contributed by atoms with Crippen LogP contribution < -0.4 is 0 Å². The average molecular weight is 297 g/mol. The Bertz CT molecular complexity index is 507. The first-order valence-corrected chi connectivity index (χ1v) is 7.49. The second kappa shape index (κ2) is 6.21. The largest absolute Gasteiger partial charge is 0.450 e. The van der Waals surface area contributed by atoms with Crippen LogP contribution in [0.25, 0.3) is 0 Å². The van der Waals surface area contributed by atoms with Crippen LogP contribution in [0.15, 0.2) is 0 Å². The number of nitrogens with zero attached hydrogens (tertiary/aromatic N) is 3. The van der Waals surface area contributed by atoms with E-state index in [-0.39, 0.29) is 12.0 Å². The van der Waals surface area contributed by atoms with Crippen molar-refractivity contribution < 1.29 is 14.3 Å². The quantitative estimate of drug-likeness (QED) is 0.833. The predicted octanol–water partition coefficient (Wildman–Crippen LogP) is 1.67. The lowest BCUT2D eigenvalue weighted by Crippen LogP contribution is -2.50. The number of piperazine rings is 1. The van der Waals surface area contributed by atoms with Crippen LogP contribution in [0, 0.1) is 13.8 Å². The van der Waals surface area contributed by atoms with Gasteiger partial charge in [0.25, 0.3) is 5.91 Å². The van der Waals surface area contributed by atoms with Gasteiger partial charge in [-0.05, 0) is 20.8 Å². The van der Waals surface area contributed by atoms with Gasteiger partial charge >= 0.3 is 6.09 Å². The third-order valence-corrected chi connectivity index (χ3v) is 4.09. The molecule has 1 saturated heterocycles. The number of carbonyl (C=O) groups is 2. The third-order valence-electron chi connectivity index (χ3n) is 3.20. The van der Waals surface area contributed by atoms with Crippen molar-refractivity contribution in [2.45, 2.75) is 20.8 Å². The number of hydrogen-bond donors (Lipinski definition) is 0. The van der Waals surface area contributed by atoms with E-state index < -0.39 is 0 Å². The SMILES string of the molecule is CCOC(=O)N1CCN(C(=O)c2nc(C)sc2C)CC1. The minimum Gasteiger partial charge on any atom is -0.450 e. The van der Waals surface area contributed by atoms with E-state index in [1.54, 1.807) is 16.7 Å². The smallest absolute Gasteiger partial charge is 0.409 e. The highest BCUT2D eigenvalue weighted by atomic mass is 32.1. The van der Waals surface area contributed by atoms with Gasteiger partial charge in [0.15, 0.2) is 0 Å². The van der Waals surface area contributed by atoms with Gasteiger partial charge in [0, 0.05) is 31.1 Å². The molecule has 0 aliphatic carbocycles. The first-order valence-electron chi connectivity index (χ1n) is 6.68. The molecule has 1 aromatic rings. The van der Waals surface area contributed by atoms with E-state index >= 15 is 0 Å². The Hall–Kier alpha value is -1.63. The first-order chi connectivity index (χ1) is 9.52. The van der Waals surface area contributed by atoms with Crippen LogP contribution in [-0.4, -0.2) is 59.6 Å². The Labute approximate surface area is 122 Å². The predicted molar refractivity (Wildman–Crippen MR) is 76.1 cm³/mol. The number of thiazole rings is 1. The lowest BCUT2D eigenvalue weighted by atomic mass is 10.2. The molecule has 6 nitrogen and oxygen atoms in total. The molecule has 0 spiro atoms. The van der Waals surface area contributed by atoms with Crippen LogP contribution in [0.3, 0.4) is 0 Å². The molecule has 0 bridgehead atoms. The topological polar surface area (TPSA) is 62.7 Å². The minimum absolute atomic E-state index is 0.0460. The Kier molecular flexibility index (Phi) is 4.59. The van der Waals surface area contributed by atoms with Gasteiger partial charge in [-0.1, -0.05) is 0 Å². The minimum atomic E-state index is -0.305. The van der Waals surface area contributed by atoms with Crippen LogP contribution in [0.4, 0.5) is 4.79 Å². The van der Waals surface area contributed by atoms with E-state index in [1.807, 2.05) is 13.8 Å². The second-order valence-corrected chi connectivity index (χ2v) is 6.02. The molecular weight excluding hydrogens is 278 g/mol. The van der Waals surface area contributed by atoms with Gasteiger partial charge in [-0.3, -0.25) is 4.79 Å². The number of carbonyl (C=O) groups excluding carboxylic acids is 2. The molecule has 2 rings (SSSR count). The summed E-state index contributed by atoms with van der Waals surface area (Å²) in [6.07, 6.45) is -0.305. The molecule has 7 heteroatoms. The molecular formula is C13H19N3O3S. The van der Waals surface area contributed by atoms with Gasteiger partial charge < -0.3 is 14.5 Å². The molecule has 1 aromatic heterocycles. The van der Waals surface area contributed by atoms with Crippen molar-refractivity contribution in [3.05, 3.63) is 15.6 Å². The van der Waals surface area contributed by atoms with Crippen LogP contribution in [0.2, 0.25) is 0 Å². The summed E-state index contributed by atoms with van der Waals surface area (Å²) in [4.78, 5) is 32.6. The lowest BCUT2D eigenvalue weighted by Gasteiger charge is -2.33. The van der Waals surface area contributed by atoms with Gasteiger partial charge in [-0.2, -0.15) is 0 Å². The number of ether oxygens (including phenoxy) is 1. The fourth-order valence-electron chi connectivity index (χ4n) is 2.18. The van der Waals surface area contributed by atoms with Crippen molar-refractivity contribution in [3.8, 4) is 0 Å². The van der Waals surface area contributed by atoms with Crippen molar-refractivity contribution in [2.24, 2.45) is 0 Å². The Morgan fingerprint density at radius 2 is 1.80 bits per heavy atom. The highest BCUT2D eigenvalue weighted by molar-refractivity contribution is 7.11. The standard InChI is InChI=1S/C13H19N3O3S/c1-4-19-13(18)16-7-5-15(6-8-16)12(17)11-9(2)20-10(3)14-11/h4-8H2,1-3H3. The molecule has 0 radical (unpaired) electrons. The second-order valence-electron chi connectivity index (χ2n) is 4.62. The number of aromatic nitrogens is 1. The Morgan fingerprint density at radius 3 is 2.30 bits per heavy atom. The maximum Gasteiger partial charge on any atom is 0.409 e. The molecule has 2 amide bonds. The Morgan fingerprint density at radius 1 is 1.20 bits per heavy atom. The van der Waals surface area contributed by atoms with Crippen molar-refractivity contribution in [2.75, 3.05) is 32.8 Å². The van der Waals surface area contributed by atoms with Crippen molar-refractivity contribution in [3.63, 3.8) is 0 Å². The van der Waals surface area contributed by atoms with Crippen LogP contribution in [0.5, 0.6) is 0 Å². The summed E-state index contributed by atoms with van der Waals surface area (Å²) in [5.74, 6) is -0.0460. The van der Waals surface area contributed by atoms with Gasteiger partial charge in [0.05, 0.1) is 11.6 Å². The molecule has 110 valence electrons. The molecule has 2 heterocycles. The fraction of sp³-hybridized carbons (Fsp3) is 0.615. The maximum atomic E-state index is 12.4. The number of rotatable bonds is 2. The van der Waals surface area contributed by atoms with E-state index in [4.69, 9.17) is 4.74 Å². The number of aryl methyl sites for hydroxylation is 2. The van der Waals surface area contributed by atoms with Crippen LogP contribution in [-0.2, 0) is 4.74 Å². The molecule has 0 unspecified atom stereocenters. The van der Waals surface area contributed by atoms with E-state index in [1.165, 1.54) is 11.3 Å². The summed E-state index contributed by atoms with van der Waals surface area (Å²) in [6.45, 7) is 8.01. The Balaban J connectivity index is 1.95. The number of hydrogen-bond acceptors (Lipinski definition) is 5. The van der Waals surface area contributed by atoms with E-state index in [2.05, 4.69) is 4.98 Å². The van der Waals surface area contributed by atoms with Gasteiger partial charge in [0.2, 0.25) is 0 Å². The molecule has 1 aliphatic heterocycles. The number of amides is 2. The zero-order chi connectivity index (χ0) is 14.7. The third kappa shape index (κ3) is 3.09. The van der Waals surface area contributed by atoms with Crippen molar-refractivity contribution >= 4 is 23.3 Å². The summed E-state index contributed by atoms with van der Waals surface area (Å²) in [7, 11) is 0. The monoisotopic (exact) mass is 297 g/mol. The first kappa shape index (κ1) is 14.8. The molecule has 0 atom stereocenters. The summed E-state index contributed by atoms with van der Waals surface area (Å²) in [5.41, 5.74) is 0.539. The summed E-state index contributed by atoms with van der Waals surface area (Å²) in [5, 5.41) is 0.899. The van der Waals surface area contributed by atoms with Crippen LogP contribution >= 0.6 is 11.3 Å². The fourth-order valence-corrected chi connectivity index (χ4v) is 2.99. The summed E-state index contributed by atoms with van der Waals surface area (Å²) < 4.78 is 4.96. The zero-order valence-electron chi connectivity index (χ0n) is 12.0. The zero-order valence-corrected chi connectivity index (χ0v) is 12.8. The van der Waals surface area contributed by atoms with Crippen LogP contribution in [0.1, 0.15) is 27.3 Å². The van der Waals surface area contributed by atoms with Gasteiger partial charge in [-0.15, -0.1) is 11.3 Å². The summed E-state index contributed by atoms with van der Waals surface area (Å²) >= 11 is 1.53. The highest BCUT2D eigenvalue weighted by Crippen LogP contribution is 2.19. The lowest BCUT2D eigenvalue weighted by molar-refractivity contribution is 0.0566. The molecule has 0 aromatic carbocycles. The average Bonchev–Trinajstić information content (AvgIpc) is 2.77. The van der Waals surface area contributed by atoms with Crippen molar-refractivity contribution in [1.29, 1.82) is 0 Å². The molecule has 0 saturated carbocycles. The summed E-state index contributed by atoms with van der Waals surface area (Å²) in [6, 6.07) is 0. The molecule has 0 N–H and O–H groups in total. The molecule has 20 heavy (non-hydrogen) atoms.